The van der Waals surface area contributed by atoms with E-state index in [-0.39, 0.29) is 5.41 Å². The van der Waals surface area contributed by atoms with E-state index in [2.05, 4.69) is 188 Å². The van der Waals surface area contributed by atoms with Crippen LogP contribution in [0.4, 0.5) is 28.4 Å². The molecule has 0 spiro atoms. The first-order valence-electron chi connectivity index (χ1n) is 19.7. The fraction of sp³-hybridized carbons (Fsp3) is 0.216. The average molecular weight is 704 g/mol. The van der Waals surface area contributed by atoms with Gasteiger partial charge >= 0.3 is 0 Å². The third kappa shape index (κ3) is 5.83. The summed E-state index contributed by atoms with van der Waals surface area (Å²) in [5.41, 5.74) is 18.0. The molecule has 1 unspecified atom stereocenters. The predicted molar refractivity (Wildman–Crippen MR) is 231 cm³/mol. The molecule has 0 saturated carbocycles. The summed E-state index contributed by atoms with van der Waals surface area (Å²) in [6.07, 6.45) is 21.2. The highest BCUT2D eigenvalue weighted by atomic mass is 15.3. The molecule has 0 N–H and O–H groups in total. The molecule has 2 aliphatic heterocycles. The van der Waals surface area contributed by atoms with Gasteiger partial charge in [0.1, 0.15) is 0 Å². The number of rotatable bonds is 7. The summed E-state index contributed by atoms with van der Waals surface area (Å²) in [6.45, 7) is 12.0. The Kier molecular flexibility index (Phi) is 8.74. The van der Waals surface area contributed by atoms with E-state index in [0.717, 1.165) is 31.5 Å². The van der Waals surface area contributed by atoms with Crippen LogP contribution in [0.3, 0.4) is 0 Å². The van der Waals surface area contributed by atoms with Gasteiger partial charge in [0.2, 0.25) is 0 Å². The van der Waals surface area contributed by atoms with E-state index in [1.807, 2.05) is 6.08 Å². The summed E-state index contributed by atoms with van der Waals surface area (Å²) in [5.74, 6) is 0. The first-order chi connectivity index (χ1) is 26.4. The second kappa shape index (κ2) is 13.9. The van der Waals surface area contributed by atoms with Crippen LogP contribution in [0.25, 0.3) is 23.3 Å². The molecule has 5 aromatic carbocycles. The molecule has 5 aromatic rings. The van der Waals surface area contributed by atoms with Crippen LogP contribution in [-0.4, -0.2) is 12.6 Å². The van der Waals surface area contributed by atoms with Gasteiger partial charge in [0.25, 0.3) is 0 Å². The lowest BCUT2D eigenvalue weighted by Gasteiger charge is -2.44. The summed E-state index contributed by atoms with van der Waals surface area (Å²) in [5, 5.41) is 0. The minimum Gasteiger partial charge on any atom is -0.341 e. The van der Waals surface area contributed by atoms with Crippen LogP contribution in [0, 0.1) is 0 Å². The maximum absolute atomic E-state index is 3.97. The smallest absolute Gasteiger partial charge is 0.0696 e. The number of fused-ring (bicyclic) bond motifs is 5. The Morgan fingerprint density at radius 1 is 0.704 bits per heavy atom. The van der Waals surface area contributed by atoms with Crippen molar-refractivity contribution in [2.75, 3.05) is 21.2 Å². The molecule has 0 fully saturated rings. The van der Waals surface area contributed by atoms with Crippen LogP contribution in [0.15, 0.2) is 158 Å². The fourth-order valence-electron chi connectivity index (χ4n) is 9.26. The monoisotopic (exact) mass is 703 g/mol. The number of hydrogen-bond donors (Lipinski definition) is 0. The highest BCUT2D eigenvalue weighted by molar-refractivity contribution is 5.88. The minimum atomic E-state index is -0.0832. The van der Waals surface area contributed by atoms with Gasteiger partial charge in [0, 0.05) is 34.7 Å². The molecule has 0 saturated heterocycles. The number of benzene rings is 5. The van der Waals surface area contributed by atoms with Crippen molar-refractivity contribution in [2.45, 2.75) is 64.3 Å². The third-order valence-corrected chi connectivity index (χ3v) is 12.0. The molecule has 0 radical (unpaired) electrons. The molecule has 0 amide bonds. The van der Waals surface area contributed by atoms with Gasteiger partial charge in [-0.15, -0.1) is 0 Å². The van der Waals surface area contributed by atoms with Crippen molar-refractivity contribution < 1.29 is 0 Å². The molecule has 268 valence electrons. The van der Waals surface area contributed by atoms with Gasteiger partial charge in [-0.3, -0.25) is 0 Å². The summed E-state index contributed by atoms with van der Waals surface area (Å²) >= 11 is 0. The molecule has 2 heterocycles. The van der Waals surface area contributed by atoms with Crippen molar-refractivity contribution in [2.24, 2.45) is 0 Å². The van der Waals surface area contributed by atoms with E-state index in [1.54, 1.807) is 0 Å². The summed E-state index contributed by atoms with van der Waals surface area (Å²) in [6, 6.07) is 41.2. The van der Waals surface area contributed by atoms with E-state index in [4.69, 9.17) is 0 Å². The Balaban J connectivity index is 0.984. The summed E-state index contributed by atoms with van der Waals surface area (Å²) < 4.78 is 0. The second-order valence-corrected chi connectivity index (χ2v) is 15.7. The number of anilines is 5. The molecule has 4 aliphatic rings. The Morgan fingerprint density at radius 3 is 2.17 bits per heavy atom. The maximum atomic E-state index is 3.97. The van der Waals surface area contributed by atoms with Crippen LogP contribution in [0.5, 0.6) is 0 Å². The largest absolute Gasteiger partial charge is 0.341 e. The lowest BCUT2D eigenvalue weighted by atomic mass is 9.81. The zero-order valence-electron chi connectivity index (χ0n) is 31.8. The molecule has 3 heteroatoms. The zero-order chi connectivity index (χ0) is 36.8. The SMILES string of the molecule is C=C/C=C\C1=C(C)N(c2ccc(/C=C/c3ccc4c(c3)C(C)(C)c3cc(N5CCCc6ccccc65)ccc3-4)cc2)c2ccccc2N1C1C=CCCC1. The van der Waals surface area contributed by atoms with Crippen LogP contribution in [0.2, 0.25) is 0 Å². The van der Waals surface area contributed by atoms with Gasteiger partial charge in [-0.2, -0.15) is 0 Å². The predicted octanol–water partition coefficient (Wildman–Crippen LogP) is 13.3. The van der Waals surface area contributed by atoms with E-state index < -0.39 is 0 Å². The molecule has 54 heavy (non-hydrogen) atoms. The standard InChI is InChI=1S/C51H49N3/c1-5-6-19-47-36(2)53(49-21-12-13-22-50(49)54(47)40-17-8-7-9-18-40)41-28-25-37(26-29-41)23-24-38-27-31-43-44-32-30-42(35-46(44)51(3,4)45(43)34-38)52-33-14-16-39-15-10-11-20-48(39)52/h5-6,8,10-13,15,17,19-32,34-35,40H,1,7,9,14,16,18,33H2,2-4H3/b19-6-,24-23+. The number of para-hydroxylation sites is 3. The molecule has 0 aromatic heterocycles. The minimum absolute atomic E-state index is 0.0832. The normalized spacial score (nSPS) is 18.6. The average Bonchev–Trinajstić information content (AvgIpc) is 3.44. The van der Waals surface area contributed by atoms with Crippen molar-refractivity contribution in [3.05, 3.63) is 185 Å². The van der Waals surface area contributed by atoms with Gasteiger partial charge in [-0.05, 0) is 127 Å². The summed E-state index contributed by atoms with van der Waals surface area (Å²) in [4.78, 5) is 7.45. The van der Waals surface area contributed by atoms with E-state index >= 15 is 0 Å². The Hall–Kier alpha value is -5.80. The van der Waals surface area contributed by atoms with E-state index in [1.165, 1.54) is 85.9 Å². The van der Waals surface area contributed by atoms with Crippen molar-refractivity contribution in [3.63, 3.8) is 0 Å². The van der Waals surface area contributed by atoms with Gasteiger partial charge in [0.15, 0.2) is 0 Å². The number of allylic oxidation sites excluding steroid dienone is 5. The lowest BCUT2D eigenvalue weighted by Crippen LogP contribution is -2.39. The molecule has 3 nitrogen and oxygen atoms in total. The fourth-order valence-corrected chi connectivity index (χ4v) is 9.26. The van der Waals surface area contributed by atoms with Crippen molar-refractivity contribution >= 4 is 40.6 Å². The third-order valence-electron chi connectivity index (χ3n) is 12.0. The van der Waals surface area contributed by atoms with Crippen molar-refractivity contribution in [1.82, 2.24) is 0 Å². The van der Waals surface area contributed by atoms with Crippen molar-refractivity contribution in [1.29, 1.82) is 0 Å². The Morgan fingerprint density at radius 2 is 1.39 bits per heavy atom. The van der Waals surface area contributed by atoms with E-state index in [0.29, 0.717) is 6.04 Å². The van der Waals surface area contributed by atoms with Gasteiger partial charge < -0.3 is 14.7 Å². The zero-order valence-corrected chi connectivity index (χ0v) is 31.8. The number of nitrogens with zero attached hydrogens (tertiary/aromatic N) is 3. The highest BCUT2D eigenvalue weighted by Crippen LogP contribution is 2.51. The molecular weight excluding hydrogens is 655 g/mol. The van der Waals surface area contributed by atoms with E-state index in [9.17, 15) is 0 Å². The van der Waals surface area contributed by atoms with Crippen molar-refractivity contribution in [3.8, 4) is 11.1 Å². The van der Waals surface area contributed by atoms with Gasteiger partial charge in [-0.25, -0.2) is 0 Å². The molecule has 9 rings (SSSR count). The second-order valence-electron chi connectivity index (χ2n) is 15.7. The quantitative estimate of drug-likeness (QED) is 0.0949. The topological polar surface area (TPSA) is 9.72 Å². The van der Waals surface area contributed by atoms with Gasteiger partial charge in [0.05, 0.1) is 23.1 Å². The number of hydrogen-bond acceptors (Lipinski definition) is 3. The first kappa shape index (κ1) is 34.0. The van der Waals surface area contributed by atoms with Crippen LogP contribution in [-0.2, 0) is 11.8 Å². The van der Waals surface area contributed by atoms with Gasteiger partial charge in [-0.1, -0.05) is 124 Å². The van der Waals surface area contributed by atoms with Crippen LogP contribution >= 0.6 is 0 Å². The number of aryl methyl sites for hydroxylation is 1. The highest BCUT2D eigenvalue weighted by Gasteiger charge is 2.36. The Bertz CT molecular complexity index is 2370. The molecular formula is C51H49N3. The lowest BCUT2D eigenvalue weighted by molar-refractivity contribution is 0.616. The van der Waals surface area contributed by atoms with Crippen LogP contribution in [0.1, 0.15) is 74.3 Å². The molecule has 0 bridgehead atoms. The molecule has 1 atom stereocenters. The van der Waals surface area contributed by atoms with Crippen LogP contribution < -0.4 is 14.7 Å². The molecule has 2 aliphatic carbocycles. The maximum Gasteiger partial charge on any atom is 0.0696 e. The first-order valence-corrected chi connectivity index (χ1v) is 19.7. The Labute approximate surface area is 321 Å². The summed E-state index contributed by atoms with van der Waals surface area (Å²) in [7, 11) is 0.